The third-order valence-electron chi connectivity index (χ3n) is 5.15. The van der Waals surface area contributed by atoms with Gasteiger partial charge in [0.15, 0.2) is 0 Å². The molecule has 1 aromatic rings. The first-order valence-electron chi connectivity index (χ1n) is 8.79. The van der Waals surface area contributed by atoms with E-state index in [-0.39, 0.29) is 29.5 Å². The van der Waals surface area contributed by atoms with Crippen molar-refractivity contribution in [1.82, 2.24) is 9.21 Å². The Hall–Kier alpha value is -1.91. The van der Waals surface area contributed by atoms with E-state index in [0.29, 0.717) is 25.4 Å². The van der Waals surface area contributed by atoms with Crippen LogP contribution in [0, 0.1) is 17.2 Å². The summed E-state index contributed by atoms with van der Waals surface area (Å²) in [5, 5.41) is 9.14. The number of amides is 1. The van der Waals surface area contributed by atoms with E-state index >= 15 is 0 Å². The fraction of sp³-hybridized carbons (Fsp3) is 0.556. The van der Waals surface area contributed by atoms with Gasteiger partial charge in [-0.3, -0.25) is 4.79 Å². The van der Waals surface area contributed by atoms with Gasteiger partial charge in [0.2, 0.25) is 15.9 Å². The van der Waals surface area contributed by atoms with Gasteiger partial charge in [0, 0.05) is 32.6 Å². The molecule has 2 aliphatic rings. The molecular weight excluding hydrogens is 338 g/mol. The zero-order valence-corrected chi connectivity index (χ0v) is 15.0. The maximum atomic E-state index is 12.8. The Morgan fingerprint density at radius 3 is 2.40 bits per heavy atom. The Morgan fingerprint density at radius 2 is 1.76 bits per heavy atom. The van der Waals surface area contributed by atoms with Crippen LogP contribution in [-0.4, -0.2) is 49.7 Å². The summed E-state index contributed by atoms with van der Waals surface area (Å²) in [4.78, 5) is 14.2. The van der Waals surface area contributed by atoms with E-state index in [1.54, 1.807) is 17.0 Å². The van der Waals surface area contributed by atoms with E-state index in [9.17, 15) is 13.2 Å². The molecule has 0 atom stereocenters. The van der Waals surface area contributed by atoms with Crippen molar-refractivity contribution in [2.45, 2.75) is 37.0 Å². The molecule has 1 aliphatic carbocycles. The molecule has 0 unspecified atom stereocenters. The van der Waals surface area contributed by atoms with Gasteiger partial charge in [0.1, 0.15) is 6.07 Å². The summed E-state index contributed by atoms with van der Waals surface area (Å²) in [6, 6.07) is 8.18. The molecule has 2 fully saturated rings. The first-order valence-corrected chi connectivity index (χ1v) is 10.2. The highest BCUT2D eigenvalue weighted by atomic mass is 32.2. The number of sulfonamides is 1. The Kier molecular flexibility index (Phi) is 5.40. The highest BCUT2D eigenvalue weighted by molar-refractivity contribution is 7.89. The van der Waals surface area contributed by atoms with Crippen molar-refractivity contribution in [2.75, 3.05) is 26.2 Å². The Balaban J connectivity index is 1.63. The second-order valence-corrected chi connectivity index (χ2v) is 8.65. The summed E-state index contributed by atoms with van der Waals surface area (Å²) in [6.45, 7) is 1.38. The largest absolute Gasteiger partial charge is 0.340 e. The zero-order chi connectivity index (χ0) is 17.9. The van der Waals surface area contributed by atoms with Crippen LogP contribution in [0.15, 0.2) is 29.2 Å². The van der Waals surface area contributed by atoms with E-state index in [1.165, 1.54) is 29.3 Å². The van der Waals surface area contributed by atoms with Crippen LogP contribution in [0.1, 0.15) is 37.7 Å². The average molecular weight is 361 g/mol. The number of piperazine rings is 1. The summed E-state index contributed by atoms with van der Waals surface area (Å²) < 4.78 is 27.0. The molecule has 1 aromatic carbocycles. The van der Waals surface area contributed by atoms with E-state index in [4.69, 9.17) is 5.26 Å². The Bertz CT molecular complexity index is 771. The van der Waals surface area contributed by atoms with Crippen molar-refractivity contribution < 1.29 is 13.2 Å². The van der Waals surface area contributed by atoms with Crippen molar-refractivity contribution in [3.8, 4) is 6.07 Å². The number of carbonyl (C=O) groups excluding carboxylic acids is 1. The van der Waals surface area contributed by atoms with Gasteiger partial charge in [-0.05, 0) is 30.9 Å². The molecule has 1 aliphatic heterocycles. The van der Waals surface area contributed by atoms with Gasteiger partial charge < -0.3 is 4.90 Å². The molecule has 25 heavy (non-hydrogen) atoms. The van der Waals surface area contributed by atoms with Crippen molar-refractivity contribution in [3.05, 3.63) is 29.8 Å². The van der Waals surface area contributed by atoms with Gasteiger partial charge in [-0.15, -0.1) is 0 Å². The van der Waals surface area contributed by atoms with Crippen LogP contribution in [0.25, 0.3) is 0 Å². The van der Waals surface area contributed by atoms with Gasteiger partial charge in [-0.1, -0.05) is 25.0 Å². The fourth-order valence-corrected chi connectivity index (χ4v) is 5.26. The summed E-state index contributed by atoms with van der Waals surface area (Å²) in [5.41, 5.74) is 0.155. The summed E-state index contributed by atoms with van der Waals surface area (Å²) in [5.74, 6) is 0.637. The molecule has 1 saturated carbocycles. The Morgan fingerprint density at radius 1 is 1.12 bits per heavy atom. The molecule has 0 bridgehead atoms. The van der Waals surface area contributed by atoms with E-state index in [1.807, 2.05) is 6.07 Å². The van der Waals surface area contributed by atoms with Gasteiger partial charge >= 0.3 is 0 Å². The summed E-state index contributed by atoms with van der Waals surface area (Å²) in [7, 11) is -3.70. The third-order valence-corrected chi connectivity index (χ3v) is 7.11. The minimum atomic E-state index is -3.70. The van der Waals surface area contributed by atoms with Gasteiger partial charge in [0.05, 0.1) is 10.5 Å². The first-order chi connectivity index (χ1) is 12.0. The maximum absolute atomic E-state index is 12.8. The van der Waals surface area contributed by atoms with Crippen molar-refractivity contribution in [2.24, 2.45) is 5.92 Å². The molecule has 0 N–H and O–H groups in total. The van der Waals surface area contributed by atoms with Crippen LogP contribution >= 0.6 is 0 Å². The normalized spacial score (nSPS) is 19.7. The molecule has 1 amide bonds. The smallest absolute Gasteiger partial charge is 0.244 e. The van der Waals surface area contributed by atoms with Crippen molar-refractivity contribution in [3.63, 3.8) is 0 Å². The number of carbonyl (C=O) groups is 1. The monoisotopic (exact) mass is 361 g/mol. The second kappa shape index (κ2) is 7.54. The molecule has 7 heteroatoms. The molecule has 1 heterocycles. The lowest BCUT2D eigenvalue weighted by molar-refractivity contribution is -0.133. The van der Waals surface area contributed by atoms with Crippen LogP contribution in [0.2, 0.25) is 0 Å². The summed E-state index contributed by atoms with van der Waals surface area (Å²) in [6.07, 6.45) is 5.27. The van der Waals surface area contributed by atoms with Crippen LogP contribution in [-0.2, 0) is 14.8 Å². The fourth-order valence-electron chi connectivity index (χ4n) is 3.69. The van der Waals surface area contributed by atoms with Crippen LogP contribution < -0.4 is 0 Å². The molecule has 0 radical (unpaired) electrons. The molecular formula is C18H23N3O3S. The number of rotatable bonds is 4. The summed E-state index contributed by atoms with van der Waals surface area (Å²) >= 11 is 0. The second-order valence-electron chi connectivity index (χ2n) is 6.75. The standard InChI is InChI=1S/C18H23N3O3S/c19-14-16-7-3-4-8-17(16)25(23,24)21-11-9-20(10-12-21)18(22)13-15-5-1-2-6-15/h3-4,7-8,15H,1-2,5-6,9-13H2. The average Bonchev–Trinajstić information content (AvgIpc) is 3.14. The number of benzene rings is 1. The third kappa shape index (κ3) is 3.86. The van der Waals surface area contributed by atoms with E-state index in [0.717, 1.165) is 12.8 Å². The lowest BCUT2D eigenvalue weighted by Crippen LogP contribution is -2.50. The minimum Gasteiger partial charge on any atom is -0.340 e. The molecule has 1 saturated heterocycles. The maximum Gasteiger partial charge on any atom is 0.244 e. The van der Waals surface area contributed by atoms with Gasteiger partial charge in [0.25, 0.3) is 0 Å². The van der Waals surface area contributed by atoms with Gasteiger partial charge in [-0.2, -0.15) is 9.57 Å². The molecule has 0 aromatic heterocycles. The first kappa shape index (κ1) is 17.9. The predicted molar refractivity (Wildman–Crippen MR) is 93.1 cm³/mol. The lowest BCUT2D eigenvalue weighted by Gasteiger charge is -2.34. The SMILES string of the molecule is N#Cc1ccccc1S(=O)(=O)N1CCN(C(=O)CC2CCCC2)CC1. The topological polar surface area (TPSA) is 81.5 Å². The predicted octanol–water partition coefficient (Wildman–Crippen LogP) is 1.97. The van der Waals surface area contributed by atoms with Crippen molar-refractivity contribution in [1.29, 1.82) is 5.26 Å². The number of hydrogen-bond acceptors (Lipinski definition) is 4. The number of nitrogens with zero attached hydrogens (tertiary/aromatic N) is 3. The highest BCUT2D eigenvalue weighted by Gasteiger charge is 2.32. The van der Waals surface area contributed by atoms with Gasteiger partial charge in [-0.25, -0.2) is 8.42 Å². The minimum absolute atomic E-state index is 0.0447. The van der Waals surface area contributed by atoms with Crippen molar-refractivity contribution >= 4 is 15.9 Å². The molecule has 0 spiro atoms. The van der Waals surface area contributed by atoms with E-state index in [2.05, 4.69) is 0 Å². The number of nitriles is 1. The van der Waals surface area contributed by atoms with E-state index < -0.39 is 10.0 Å². The lowest BCUT2D eigenvalue weighted by atomic mass is 10.0. The molecule has 3 rings (SSSR count). The van der Waals surface area contributed by atoms with Crippen LogP contribution in [0.5, 0.6) is 0 Å². The molecule has 6 nitrogen and oxygen atoms in total. The molecule has 134 valence electrons. The quantitative estimate of drug-likeness (QED) is 0.821. The number of hydrogen-bond donors (Lipinski definition) is 0. The van der Waals surface area contributed by atoms with Crippen LogP contribution in [0.4, 0.5) is 0 Å². The van der Waals surface area contributed by atoms with Crippen LogP contribution in [0.3, 0.4) is 0 Å². The Labute approximate surface area is 149 Å². The highest BCUT2D eigenvalue weighted by Crippen LogP contribution is 2.28. The zero-order valence-electron chi connectivity index (χ0n) is 14.2.